The fraction of sp³-hybridized carbons (Fsp3) is 0.227. The molecule has 0 saturated heterocycles. The maximum Gasteiger partial charge on any atom is 0.338 e. The van der Waals surface area contributed by atoms with Crippen LogP contribution in [0.15, 0.2) is 55.1 Å². The average molecular weight is 335 g/mol. The molecular formula is C22H25NO2. The summed E-state index contributed by atoms with van der Waals surface area (Å²) in [6, 6.07) is 16.1. The van der Waals surface area contributed by atoms with E-state index in [4.69, 9.17) is 4.74 Å². The lowest BCUT2D eigenvalue weighted by atomic mass is 9.99. The highest BCUT2D eigenvalue weighted by molar-refractivity contribution is 6.21. The monoisotopic (exact) mass is 335 g/mol. The van der Waals surface area contributed by atoms with Gasteiger partial charge in [0.25, 0.3) is 0 Å². The molecule has 0 fully saturated rings. The molecular weight excluding hydrogens is 310 g/mol. The second-order valence-corrected chi connectivity index (χ2v) is 5.49. The van der Waals surface area contributed by atoms with Crippen molar-refractivity contribution in [2.75, 3.05) is 6.61 Å². The number of H-pyrrole nitrogens is 1. The van der Waals surface area contributed by atoms with Gasteiger partial charge in [0.2, 0.25) is 0 Å². The molecule has 0 bridgehead atoms. The molecule has 1 N–H and O–H groups in total. The standard InChI is InChI=1S/C20H19NO2.C2H6/c1-4-23-20(22)14(3)18-16-11-10-13(2)12-17(16)21-19(18)15-8-6-5-7-9-15;1-2/h5-12,21H,3-4H2,1-2H3;1-2H3. The van der Waals surface area contributed by atoms with Crippen molar-refractivity contribution in [2.24, 2.45) is 0 Å². The van der Waals surface area contributed by atoms with Crippen LogP contribution in [0.5, 0.6) is 0 Å². The van der Waals surface area contributed by atoms with Gasteiger partial charge in [-0.05, 0) is 31.0 Å². The number of rotatable bonds is 4. The summed E-state index contributed by atoms with van der Waals surface area (Å²) in [5.41, 5.74) is 5.24. The Bertz CT molecular complexity index is 876. The van der Waals surface area contributed by atoms with Crippen molar-refractivity contribution in [2.45, 2.75) is 27.7 Å². The predicted molar refractivity (Wildman–Crippen MR) is 105 cm³/mol. The van der Waals surface area contributed by atoms with E-state index in [1.54, 1.807) is 6.92 Å². The van der Waals surface area contributed by atoms with Gasteiger partial charge in [-0.1, -0.05) is 62.9 Å². The number of carbonyl (C=O) groups is 1. The number of nitrogens with one attached hydrogen (secondary N) is 1. The van der Waals surface area contributed by atoms with Crippen molar-refractivity contribution in [3.63, 3.8) is 0 Å². The van der Waals surface area contributed by atoms with Crippen LogP contribution in [0, 0.1) is 6.92 Å². The second kappa shape index (κ2) is 8.34. The van der Waals surface area contributed by atoms with E-state index in [-0.39, 0.29) is 5.97 Å². The van der Waals surface area contributed by atoms with E-state index in [0.717, 1.165) is 33.3 Å². The van der Waals surface area contributed by atoms with E-state index in [9.17, 15) is 4.79 Å². The van der Waals surface area contributed by atoms with E-state index in [1.165, 1.54) is 0 Å². The van der Waals surface area contributed by atoms with Gasteiger partial charge >= 0.3 is 5.97 Å². The lowest BCUT2D eigenvalue weighted by Gasteiger charge is -2.08. The molecule has 0 aliphatic heterocycles. The second-order valence-electron chi connectivity index (χ2n) is 5.49. The molecule has 3 heteroatoms. The van der Waals surface area contributed by atoms with Crippen molar-refractivity contribution >= 4 is 22.4 Å². The minimum absolute atomic E-state index is 0.333. The van der Waals surface area contributed by atoms with Gasteiger partial charge in [0.1, 0.15) is 0 Å². The van der Waals surface area contributed by atoms with Crippen molar-refractivity contribution in [1.29, 1.82) is 0 Å². The molecule has 0 amide bonds. The maximum atomic E-state index is 12.2. The van der Waals surface area contributed by atoms with Crippen LogP contribution in [0.25, 0.3) is 27.7 Å². The Kier molecular flexibility index (Phi) is 6.18. The number of carbonyl (C=O) groups excluding carboxylic acids is 1. The zero-order valence-electron chi connectivity index (χ0n) is 15.3. The zero-order valence-corrected chi connectivity index (χ0v) is 15.3. The van der Waals surface area contributed by atoms with E-state index in [2.05, 4.69) is 17.6 Å². The van der Waals surface area contributed by atoms with Gasteiger partial charge in [0.05, 0.1) is 17.9 Å². The van der Waals surface area contributed by atoms with Crippen molar-refractivity contribution < 1.29 is 9.53 Å². The van der Waals surface area contributed by atoms with Gasteiger partial charge in [-0.15, -0.1) is 0 Å². The summed E-state index contributed by atoms with van der Waals surface area (Å²) < 4.78 is 5.14. The molecule has 0 aliphatic rings. The summed E-state index contributed by atoms with van der Waals surface area (Å²) in [6.07, 6.45) is 0. The molecule has 3 aromatic rings. The normalized spacial score (nSPS) is 10.1. The third-order valence-electron chi connectivity index (χ3n) is 3.84. The van der Waals surface area contributed by atoms with E-state index >= 15 is 0 Å². The molecule has 1 heterocycles. The van der Waals surface area contributed by atoms with E-state index in [1.807, 2.05) is 63.2 Å². The van der Waals surface area contributed by atoms with Gasteiger partial charge in [0.15, 0.2) is 0 Å². The first-order valence-electron chi connectivity index (χ1n) is 8.66. The Morgan fingerprint density at radius 2 is 1.80 bits per heavy atom. The van der Waals surface area contributed by atoms with Gasteiger partial charge in [-0.2, -0.15) is 0 Å². The molecule has 0 atom stereocenters. The molecule has 25 heavy (non-hydrogen) atoms. The number of aromatic nitrogens is 1. The first kappa shape index (κ1) is 18.5. The molecule has 2 aromatic carbocycles. The van der Waals surface area contributed by atoms with Crippen molar-refractivity contribution in [1.82, 2.24) is 4.98 Å². The Labute approximate surface area is 149 Å². The molecule has 130 valence electrons. The van der Waals surface area contributed by atoms with Crippen LogP contribution in [0.3, 0.4) is 0 Å². The number of fused-ring (bicyclic) bond motifs is 1. The number of esters is 1. The number of benzene rings is 2. The van der Waals surface area contributed by atoms with Crippen LogP contribution in [0.4, 0.5) is 0 Å². The summed E-state index contributed by atoms with van der Waals surface area (Å²) >= 11 is 0. The summed E-state index contributed by atoms with van der Waals surface area (Å²) in [6.45, 7) is 12.2. The van der Waals surface area contributed by atoms with Crippen molar-refractivity contribution in [3.05, 3.63) is 66.2 Å². The van der Waals surface area contributed by atoms with Gasteiger partial charge < -0.3 is 9.72 Å². The molecule has 0 unspecified atom stereocenters. The molecule has 0 spiro atoms. The third-order valence-corrected chi connectivity index (χ3v) is 3.84. The van der Waals surface area contributed by atoms with Crippen molar-refractivity contribution in [3.8, 4) is 11.3 Å². The van der Waals surface area contributed by atoms with E-state index < -0.39 is 0 Å². The first-order chi connectivity index (χ1) is 12.1. The first-order valence-corrected chi connectivity index (χ1v) is 8.66. The van der Waals surface area contributed by atoms with Gasteiger partial charge in [-0.3, -0.25) is 0 Å². The smallest absolute Gasteiger partial charge is 0.338 e. The number of ether oxygens (including phenoxy) is 1. The summed E-state index contributed by atoms with van der Waals surface area (Å²) in [7, 11) is 0. The van der Waals surface area contributed by atoms with Crippen LogP contribution in [-0.2, 0) is 9.53 Å². The highest BCUT2D eigenvalue weighted by Crippen LogP contribution is 2.35. The average Bonchev–Trinajstić information content (AvgIpc) is 3.02. The van der Waals surface area contributed by atoms with E-state index in [0.29, 0.717) is 12.2 Å². The van der Waals surface area contributed by atoms with Crippen LogP contribution < -0.4 is 0 Å². The molecule has 0 saturated carbocycles. The SMILES string of the molecule is C=C(C(=O)OCC)c1c(-c2ccccc2)[nH]c2cc(C)ccc12.CC. The summed E-state index contributed by atoms with van der Waals surface area (Å²) in [5, 5.41) is 0.979. The van der Waals surface area contributed by atoms with Crippen LogP contribution >= 0.6 is 0 Å². The third kappa shape index (κ3) is 3.82. The van der Waals surface area contributed by atoms with Gasteiger partial charge in [-0.25, -0.2) is 4.79 Å². The largest absolute Gasteiger partial charge is 0.462 e. The lowest BCUT2D eigenvalue weighted by molar-refractivity contribution is -0.136. The number of aryl methyl sites for hydroxylation is 1. The minimum Gasteiger partial charge on any atom is -0.462 e. The Hall–Kier alpha value is -2.81. The Morgan fingerprint density at radius 1 is 1.12 bits per heavy atom. The number of hydrogen-bond acceptors (Lipinski definition) is 2. The number of aromatic amines is 1. The van der Waals surface area contributed by atoms with Gasteiger partial charge in [0, 0.05) is 16.5 Å². The lowest BCUT2D eigenvalue weighted by Crippen LogP contribution is -2.06. The quantitative estimate of drug-likeness (QED) is 0.487. The highest BCUT2D eigenvalue weighted by Gasteiger charge is 2.20. The summed E-state index contributed by atoms with van der Waals surface area (Å²) in [4.78, 5) is 15.6. The van der Waals surface area contributed by atoms with Crippen LogP contribution in [-0.4, -0.2) is 17.6 Å². The van der Waals surface area contributed by atoms with Crippen LogP contribution in [0.2, 0.25) is 0 Å². The highest BCUT2D eigenvalue weighted by atomic mass is 16.5. The fourth-order valence-electron chi connectivity index (χ4n) is 2.77. The Morgan fingerprint density at radius 3 is 2.44 bits per heavy atom. The minimum atomic E-state index is -0.383. The zero-order chi connectivity index (χ0) is 18.4. The molecule has 0 radical (unpaired) electrons. The molecule has 1 aromatic heterocycles. The number of hydrogen-bond donors (Lipinski definition) is 1. The van der Waals surface area contributed by atoms with Crippen LogP contribution in [0.1, 0.15) is 31.9 Å². The maximum absolute atomic E-state index is 12.2. The molecule has 3 rings (SSSR count). The molecule has 3 nitrogen and oxygen atoms in total. The summed E-state index contributed by atoms with van der Waals surface area (Å²) in [5.74, 6) is -0.383. The molecule has 0 aliphatic carbocycles. The predicted octanol–water partition coefficient (Wildman–Crippen LogP) is 5.75. The Balaban J connectivity index is 0.00000109. The topological polar surface area (TPSA) is 42.1 Å². The fourth-order valence-corrected chi connectivity index (χ4v) is 2.77.